The number of nitrogens with zero attached hydrogens (tertiary/aromatic N) is 4. The van der Waals surface area contributed by atoms with Crippen LogP contribution < -0.4 is 9.80 Å². The Labute approximate surface area is 440 Å². The fraction of sp³-hybridized carbons (Fsp3) is 0.119. The van der Waals surface area contributed by atoms with Gasteiger partial charge in [-0.2, -0.15) is 8.78 Å². The van der Waals surface area contributed by atoms with Crippen LogP contribution in [0.2, 0.25) is 0 Å². The van der Waals surface area contributed by atoms with Gasteiger partial charge in [0.1, 0.15) is 12.5 Å². The van der Waals surface area contributed by atoms with Gasteiger partial charge in [0.25, 0.3) is 5.92 Å². The van der Waals surface area contributed by atoms with Crippen molar-refractivity contribution < 1.29 is 22.5 Å². The quantitative estimate of drug-likeness (QED) is 0.136. The number of aromatic nitrogens is 2. The van der Waals surface area contributed by atoms with Crippen molar-refractivity contribution in [2.45, 2.75) is 46.0 Å². The zero-order valence-electron chi connectivity index (χ0n) is 50.8. The summed E-state index contributed by atoms with van der Waals surface area (Å²) in [5, 5.41) is 1.65. The van der Waals surface area contributed by atoms with Crippen LogP contribution in [-0.2, 0) is 11.3 Å². The van der Waals surface area contributed by atoms with Crippen LogP contribution in [0.15, 0.2) is 224 Å². The van der Waals surface area contributed by atoms with Gasteiger partial charge in [-0.15, -0.1) is 0 Å². The van der Waals surface area contributed by atoms with Gasteiger partial charge >= 0.3 is 0 Å². The Morgan fingerprint density at radius 1 is 0.507 bits per heavy atom. The number of halogens is 2. The normalized spacial score (nSPS) is 14.7. The van der Waals surface area contributed by atoms with Gasteiger partial charge in [-0.1, -0.05) is 183 Å². The van der Waals surface area contributed by atoms with E-state index in [1.165, 1.54) is 12.1 Å². The van der Waals surface area contributed by atoms with Crippen LogP contribution in [0.25, 0.3) is 61.0 Å². The Bertz CT molecular complexity index is 4330. The summed E-state index contributed by atoms with van der Waals surface area (Å²) in [4.78, 5) is 8.52. The predicted molar refractivity (Wildman–Crippen MR) is 299 cm³/mol. The molecule has 0 fully saturated rings. The monoisotopic (exact) mass is 962 g/mol. The zero-order chi connectivity index (χ0) is 58.7. The lowest BCUT2D eigenvalue weighted by Crippen LogP contribution is -2.25. The molecule has 0 spiro atoms. The molecule has 6 heteroatoms. The van der Waals surface area contributed by atoms with Crippen LogP contribution in [0.5, 0.6) is 0 Å². The van der Waals surface area contributed by atoms with E-state index in [0.717, 1.165) is 49.7 Å². The van der Waals surface area contributed by atoms with E-state index in [4.69, 9.17) is 13.2 Å². The first kappa shape index (κ1) is 35.5. The second-order valence-electron chi connectivity index (χ2n) is 19.3. The minimum Gasteiger partial charge on any atom is -0.321 e. The fourth-order valence-corrected chi connectivity index (χ4v) is 10.9. The molecule has 2 aromatic heterocycles. The number of fused-ring (bicyclic) bond motifs is 4. The first-order chi connectivity index (χ1) is 39.6. The lowest BCUT2D eigenvalue weighted by molar-refractivity contribution is 0.0430. The first-order valence-corrected chi connectivity index (χ1v) is 24.2. The Hall–Kier alpha value is -8.61. The third kappa shape index (κ3) is 7.86. The summed E-state index contributed by atoms with van der Waals surface area (Å²) in [5.41, 5.74) is 8.02. The SMILES string of the molecule is [2H]c1c([2H])c([2H])c(-c2cccc(-c3c([2H])c([2H])c([2H])c([2H])c3[2H])c2N2CN(c3cc(-c4c(C)cc(C)cc4C)cc(C(F)(F)c4ccc5c6ccccc6n(-c6cc(C(C)(C)c7ccccc7)ccn6)c5c4)c3)c3ccccc32)c([2H])c1[2H]. The maximum absolute atomic E-state index is 18.5. The molecule has 1 aliphatic rings. The number of para-hydroxylation sites is 4. The lowest BCUT2D eigenvalue weighted by atomic mass is 9.78. The van der Waals surface area contributed by atoms with Gasteiger partial charge in [0.05, 0.1) is 41.8 Å². The Balaban J connectivity index is 1.06. The van der Waals surface area contributed by atoms with E-state index in [9.17, 15) is 5.48 Å². The molecule has 0 unspecified atom stereocenters. The third-order valence-corrected chi connectivity index (χ3v) is 14.4. The summed E-state index contributed by atoms with van der Waals surface area (Å²) < 4.78 is 127. The van der Waals surface area contributed by atoms with Crippen molar-refractivity contribution in [3.05, 3.63) is 263 Å². The summed E-state index contributed by atoms with van der Waals surface area (Å²) in [6.45, 7) is 10.1. The summed E-state index contributed by atoms with van der Waals surface area (Å²) in [6.07, 6.45) is 1.76. The first-order valence-electron chi connectivity index (χ1n) is 29.2. The largest absolute Gasteiger partial charge is 0.321 e. The highest BCUT2D eigenvalue weighted by atomic mass is 19.3. The molecule has 0 saturated heterocycles. The van der Waals surface area contributed by atoms with Gasteiger partial charge in [0.15, 0.2) is 0 Å². The Morgan fingerprint density at radius 2 is 1.12 bits per heavy atom. The minimum atomic E-state index is -3.63. The lowest BCUT2D eigenvalue weighted by Gasteiger charge is -2.28. The molecule has 9 aromatic carbocycles. The molecule has 0 N–H and O–H groups in total. The second kappa shape index (κ2) is 17.9. The van der Waals surface area contributed by atoms with Crippen molar-refractivity contribution in [2.24, 2.45) is 0 Å². The average Bonchev–Trinajstić information content (AvgIpc) is 2.98. The number of hydrogen-bond donors (Lipinski definition) is 0. The predicted octanol–water partition coefficient (Wildman–Crippen LogP) is 17.8. The molecular weight excluding hydrogens is 899 g/mol. The highest BCUT2D eigenvalue weighted by molar-refractivity contribution is 6.09. The van der Waals surface area contributed by atoms with Crippen molar-refractivity contribution in [3.63, 3.8) is 0 Å². The molecule has 0 radical (unpaired) electrons. The van der Waals surface area contributed by atoms with E-state index < -0.39 is 71.8 Å². The molecule has 356 valence electrons. The molecule has 0 saturated carbocycles. The third-order valence-electron chi connectivity index (χ3n) is 14.4. The van der Waals surface area contributed by atoms with Crippen LogP contribution >= 0.6 is 0 Å². The highest BCUT2D eigenvalue weighted by Gasteiger charge is 2.38. The zero-order valence-corrected chi connectivity index (χ0v) is 40.8. The van der Waals surface area contributed by atoms with E-state index in [2.05, 4.69) is 26.0 Å². The number of hydrogen-bond acceptors (Lipinski definition) is 3. The van der Waals surface area contributed by atoms with Crippen molar-refractivity contribution in [2.75, 3.05) is 16.5 Å². The number of benzene rings is 9. The highest BCUT2D eigenvalue weighted by Crippen LogP contribution is 2.52. The maximum Gasteiger partial charge on any atom is 0.298 e. The van der Waals surface area contributed by atoms with Crippen LogP contribution in [0.4, 0.5) is 31.5 Å². The van der Waals surface area contributed by atoms with Crippen molar-refractivity contribution in [1.29, 1.82) is 0 Å². The maximum atomic E-state index is 18.5. The second-order valence-corrected chi connectivity index (χ2v) is 19.3. The summed E-state index contributed by atoms with van der Waals surface area (Å²) in [6, 6.07) is 42.0. The van der Waals surface area contributed by atoms with E-state index in [1.54, 1.807) is 59.6 Å². The molecular formula is C67H54F2N4. The molecule has 73 heavy (non-hydrogen) atoms. The molecule has 0 aliphatic carbocycles. The van der Waals surface area contributed by atoms with Crippen LogP contribution in [0, 0.1) is 20.8 Å². The van der Waals surface area contributed by atoms with Crippen LogP contribution in [-0.4, -0.2) is 16.2 Å². The average molecular weight is 963 g/mol. The standard InChI is InChI=1S/C67H54F2N4/c1-44-36-45(2)64(46(3)37-44)49-38-53(40-54(39-49)71-43-72(61-31-18-17-30-60(61)71)65-55(47-20-9-6-10-21-47)27-19-28-56(65)48-22-11-7-12-23-48)67(68,69)52-32-33-58-57-26-15-16-29-59(57)73(62(58)41-52)63-42-51(34-35-70-63)66(4,5)50-24-13-8-14-25-50/h6-42H,43H2,1-5H3/i6D,7D,9D,10D,11D,12D,20D,21D,22D,23D. The number of anilines is 4. The molecule has 11 aromatic rings. The molecule has 4 nitrogen and oxygen atoms in total. The summed E-state index contributed by atoms with van der Waals surface area (Å²) >= 11 is 0. The van der Waals surface area contributed by atoms with Crippen LogP contribution in [0.3, 0.4) is 0 Å². The van der Waals surface area contributed by atoms with Crippen LogP contribution in [0.1, 0.15) is 66.5 Å². The van der Waals surface area contributed by atoms with Gasteiger partial charge in [-0.25, -0.2) is 4.98 Å². The molecule has 0 bridgehead atoms. The van der Waals surface area contributed by atoms with E-state index >= 15 is 8.78 Å². The van der Waals surface area contributed by atoms with Crippen molar-refractivity contribution >= 4 is 44.6 Å². The fourth-order valence-electron chi connectivity index (χ4n) is 10.9. The number of rotatable bonds is 10. The summed E-state index contributed by atoms with van der Waals surface area (Å²) in [5.74, 6) is -3.05. The van der Waals surface area contributed by atoms with E-state index in [1.807, 2.05) is 115 Å². The van der Waals surface area contributed by atoms with Gasteiger partial charge < -0.3 is 9.80 Å². The Morgan fingerprint density at radius 3 is 1.81 bits per heavy atom. The molecule has 3 heterocycles. The smallest absolute Gasteiger partial charge is 0.298 e. The van der Waals surface area contributed by atoms with E-state index in [0.29, 0.717) is 34.0 Å². The molecule has 12 rings (SSSR count). The Kier molecular flexibility index (Phi) is 8.70. The number of aryl methyl sites for hydroxylation is 3. The summed E-state index contributed by atoms with van der Waals surface area (Å²) in [7, 11) is 0. The topological polar surface area (TPSA) is 24.3 Å². The number of pyridine rings is 1. The molecule has 0 amide bonds. The van der Waals surface area contributed by atoms with E-state index in [-0.39, 0.29) is 45.7 Å². The van der Waals surface area contributed by atoms with Crippen molar-refractivity contribution in [1.82, 2.24) is 9.55 Å². The van der Waals surface area contributed by atoms with Gasteiger partial charge in [0.2, 0.25) is 0 Å². The minimum absolute atomic E-state index is 0.115. The molecule has 1 aliphatic heterocycles. The van der Waals surface area contributed by atoms with Gasteiger partial charge in [-0.05, 0) is 120 Å². The van der Waals surface area contributed by atoms with Crippen molar-refractivity contribution in [3.8, 4) is 39.2 Å². The van der Waals surface area contributed by atoms with Gasteiger partial charge in [0, 0.05) is 50.3 Å². The van der Waals surface area contributed by atoms with Gasteiger partial charge in [-0.3, -0.25) is 4.57 Å². The number of alkyl halides is 2. The molecule has 0 atom stereocenters.